The zero-order chi connectivity index (χ0) is 0. The number of hydrogen-bond acceptors (Lipinski definition) is 2. The largest absolute Gasteiger partial charge is 2.00 e. The van der Waals surface area contributed by atoms with E-state index in [9.17, 15) is 0 Å². The number of rotatable bonds is 0. The van der Waals surface area contributed by atoms with E-state index < -0.39 is 0 Å². The summed E-state index contributed by atoms with van der Waals surface area (Å²) in [5.74, 6) is 0. The third kappa shape index (κ3) is 15.0. The Bertz CT molecular complexity index is 6.00. The van der Waals surface area contributed by atoms with E-state index in [2.05, 4.69) is 0 Å². The van der Waals surface area contributed by atoms with E-state index in [1.165, 1.54) is 0 Å². The molecular formula is H2BMgO2. The van der Waals surface area contributed by atoms with Gasteiger partial charge in [0.25, 0.3) is 0 Å². The van der Waals surface area contributed by atoms with E-state index in [1.54, 1.807) is 0 Å². The third-order valence-corrected chi connectivity index (χ3v) is 0. The van der Waals surface area contributed by atoms with Crippen LogP contribution in [0.3, 0.4) is 0 Å². The van der Waals surface area contributed by atoms with Crippen molar-refractivity contribution in [1.82, 2.24) is 0 Å². The van der Waals surface area contributed by atoms with Gasteiger partial charge in [-0.3, -0.25) is 0 Å². The molecule has 0 aromatic carbocycles. The van der Waals surface area contributed by atoms with Crippen LogP contribution in [0, 0.1) is 0 Å². The molecule has 0 spiro atoms. The Morgan fingerprint density at radius 1 is 0.750 bits per heavy atom. The minimum absolute atomic E-state index is 0. The summed E-state index contributed by atoms with van der Waals surface area (Å²) in [5.41, 5.74) is 0. The smallest absolute Gasteiger partial charge is 0.870 e. The Labute approximate surface area is 42.9 Å². The average molecular weight is 69.1 g/mol. The second-order valence-electron chi connectivity index (χ2n) is 0. The zero-order valence-electron chi connectivity index (χ0n) is 2.18. The van der Waals surface area contributed by atoms with Crippen LogP contribution in [0.25, 0.3) is 0 Å². The van der Waals surface area contributed by atoms with Gasteiger partial charge >= 0.3 is 23.1 Å². The van der Waals surface area contributed by atoms with Crippen LogP contribution in [-0.4, -0.2) is 42.4 Å². The third-order valence-electron chi connectivity index (χ3n) is 0. The summed E-state index contributed by atoms with van der Waals surface area (Å²) in [4.78, 5) is 0. The molecule has 0 aromatic heterocycles. The van der Waals surface area contributed by atoms with Crippen molar-refractivity contribution in [2.75, 3.05) is 0 Å². The Kier molecular flexibility index (Phi) is 1490. The van der Waals surface area contributed by atoms with E-state index in [0.717, 1.165) is 0 Å². The summed E-state index contributed by atoms with van der Waals surface area (Å²) in [6, 6.07) is 0. The van der Waals surface area contributed by atoms with Crippen LogP contribution in [-0.2, 0) is 0 Å². The molecule has 0 heterocycles. The molecule has 0 atom stereocenters. The molecule has 0 aromatic rings. The minimum Gasteiger partial charge on any atom is -0.870 e. The first-order valence-corrected chi connectivity index (χ1v) is 0. The van der Waals surface area contributed by atoms with Crippen LogP contribution >= 0.6 is 0 Å². The van der Waals surface area contributed by atoms with Crippen molar-refractivity contribution >= 4 is 31.5 Å². The maximum absolute atomic E-state index is 0. The second-order valence-corrected chi connectivity index (χ2v) is 0. The van der Waals surface area contributed by atoms with Gasteiger partial charge in [0, 0.05) is 8.41 Å². The molecule has 4 heteroatoms. The molecule has 0 unspecified atom stereocenters. The molecule has 2 N–H and O–H groups in total. The number of hydrogen-bond donors (Lipinski definition) is 0. The van der Waals surface area contributed by atoms with E-state index in [1.807, 2.05) is 0 Å². The van der Waals surface area contributed by atoms with Crippen molar-refractivity contribution in [2.24, 2.45) is 0 Å². The summed E-state index contributed by atoms with van der Waals surface area (Å²) in [5, 5.41) is 0. The molecule has 4 heavy (non-hydrogen) atoms. The SMILES string of the molecule is [B].[Mg+2].[OH-].[OH-]. The Balaban J connectivity index is 0. The molecular weight excluding hydrogens is 67.1 g/mol. The van der Waals surface area contributed by atoms with E-state index in [0.29, 0.717) is 0 Å². The molecule has 0 saturated heterocycles. The van der Waals surface area contributed by atoms with Crippen molar-refractivity contribution < 1.29 is 11.0 Å². The Morgan fingerprint density at radius 2 is 0.750 bits per heavy atom. The van der Waals surface area contributed by atoms with Gasteiger partial charge in [-0.15, -0.1) is 0 Å². The van der Waals surface area contributed by atoms with Crippen molar-refractivity contribution in [1.29, 1.82) is 0 Å². The topological polar surface area (TPSA) is 60.0 Å². The summed E-state index contributed by atoms with van der Waals surface area (Å²) in [6.45, 7) is 0. The molecule has 0 saturated carbocycles. The quantitative estimate of drug-likeness (QED) is 0.338. The Hall–Kier alpha value is 0.751. The standard InChI is InChI=1S/B.Mg.2H2O/h;;2*1H2/q;+2;;/p-2. The molecule has 19 valence electrons. The fraction of sp³-hybridized carbons (Fsp3) is 0. The van der Waals surface area contributed by atoms with Crippen molar-refractivity contribution in [3.8, 4) is 0 Å². The molecule has 0 amide bonds. The maximum Gasteiger partial charge on any atom is 2.00 e. The monoisotopic (exact) mass is 69.0 g/mol. The fourth-order valence-electron chi connectivity index (χ4n) is 0. The molecule has 0 bridgehead atoms. The maximum atomic E-state index is 0. The molecule has 0 aliphatic carbocycles. The summed E-state index contributed by atoms with van der Waals surface area (Å²) >= 11 is 0. The fourth-order valence-corrected chi connectivity index (χ4v) is 0. The first-order chi connectivity index (χ1) is 0. The van der Waals surface area contributed by atoms with Gasteiger partial charge in [-0.25, -0.2) is 0 Å². The summed E-state index contributed by atoms with van der Waals surface area (Å²) < 4.78 is 0. The average Bonchev–Trinajstić information content (AvgIpc) is 0. The first kappa shape index (κ1) is 118. The van der Waals surface area contributed by atoms with E-state index >= 15 is 0 Å². The van der Waals surface area contributed by atoms with Gasteiger partial charge < -0.3 is 11.0 Å². The first-order valence-electron chi connectivity index (χ1n) is 0. The zero-order valence-corrected chi connectivity index (χ0v) is 3.59. The van der Waals surface area contributed by atoms with Crippen LogP contribution in [0.1, 0.15) is 0 Å². The normalized spacial score (nSPS) is 0. The van der Waals surface area contributed by atoms with Crippen LogP contribution < -0.4 is 0 Å². The molecule has 0 aliphatic rings. The molecule has 2 nitrogen and oxygen atoms in total. The van der Waals surface area contributed by atoms with Gasteiger partial charge in [0.05, 0.1) is 0 Å². The molecule has 0 rings (SSSR count). The molecule has 0 fully saturated rings. The Morgan fingerprint density at radius 3 is 0.750 bits per heavy atom. The van der Waals surface area contributed by atoms with E-state index in [-0.39, 0.29) is 42.4 Å². The van der Waals surface area contributed by atoms with Gasteiger partial charge in [0.1, 0.15) is 0 Å². The van der Waals surface area contributed by atoms with Crippen molar-refractivity contribution in [3.05, 3.63) is 0 Å². The van der Waals surface area contributed by atoms with Crippen LogP contribution in [0.5, 0.6) is 0 Å². The van der Waals surface area contributed by atoms with Crippen LogP contribution in [0.15, 0.2) is 0 Å². The predicted molar refractivity (Wildman–Crippen MR) is 15.4 cm³/mol. The summed E-state index contributed by atoms with van der Waals surface area (Å²) in [7, 11) is 0. The van der Waals surface area contributed by atoms with Crippen LogP contribution in [0.4, 0.5) is 0 Å². The van der Waals surface area contributed by atoms with Gasteiger partial charge in [-0.1, -0.05) is 0 Å². The minimum atomic E-state index is 0. The van der Waals surface area contributed by atoms with Gasteiger partial charge in [0.15, 0.2) is 0 Å². The van der Waals surface area contributed by atoms with Crippen molar-refractivity contribution in [2.45, 2.75) is 0 Å². The molecule has 3 radical (unpaired) electrons. The van der Waals surface area contributed by atoms with Gasteiger partial charge in [0.2, 0.25) is 0 Å². The van der Waals surface area contributed by atoms with Gasteiger partial charge in [-0.05, 0) is 0 Å². The van der Waals surface area contributed by atoms with Crippen molar-refractivity contribution in [3.63, 3.8) is 0 Å². The summed E-state index contributed by atoms with van der Waals surface area (Å²) in [6.07, 6.45) is 0. The van der Waals surface area contributed by atoms with Crippen LogP contribution in [0.2, 0.25) is 0 Å². The van der Waals surface area contributed by atoms with E-state index in [4.69, 9.17) is 0 Å². The van der Waals surface area contributed by atoms with Gasteiger partial charge in [-0.2, -0.15) is 0 Å². The molecule has 0 aliphatic heterocycles. The predicted octanol–water partition coefficient (Wildman–Crippen LogP) is -1.12. The second kappa shape index (κ2) is 50.3.